The second kappa shape index (κ2) is 4.52. The smallest absolute Gasteiger partial charge is 0.161 e. The van der Waals surface area contributed by atoms with Crippen LogP contribution in [0.5, 0.6) is 0 Å². The number of nitrogens with zero attached hydrogens (tertiary/aromatic N) is 1. The van der Waals surface area contributed by atoms with Gasteiger partial charge in [0.25, 0.3) is 0 Å². The van der Waals surface area contributed by atoms with Gasteiger partial charge in [0.15, 0.2) is 11.6 Å². The Morgan fingerprint density at radius 2 is 1.74 bits per heavy atom. The molecule has 0 spiro atoms. The molecule has 3 rings (SSSR count). The lowest BCUT2D eigenvalue weighted by atomic mass is 10.2. The lowest BCUT2D eigenvalue weighted by molar-refractivity contribution is 0.510. The molecule has 1 heterocycles. The van der Waals surface area contributed by atoms with Gasteiger partial charge in [0, 0.05) is 21.3 Å². The molecule has 0 radical (unpaired) electrons. The third kappa shape index (κ3) is 2.20. The summed E-state index contributed by atoms with van der Waals surface area (Å²) in [5.41, 5.74) is 1.40. The molecule has 2 aromatic carbocycles. The first-order valence-corrected chi connectivity index (χ1v) is 6.42. The normalized spacial score (nSPS) is 11.2. The molecule has 1 aromatic heterocycles. The lowest BCUT2D eigenvalue weighted by Crippen LogP contribution is -1.86. The maximum absolute atomic E-state index is 13.1. The summed E-state index contributed by atoms with van der Waals surface area (Å²) >= 11 is 1.98. The van der Waals surface area contributed by atoms with Gasteiger partial charge in [-0.3, -0.25) is 0 Å². The van der Waals surface area contributed by atoms with Gasteiger partial charge in [-0.1, -0.05) is 0 Å². The highest BCUT2D eigenvalue weighted by Crippen LogP contribution is 2.26. The zero-order chi connectivity index (χ0) is 13.6. The number of nitrogens with one attached hydrogen (secondary N) is 1. The Labute approximate surface area is 119 Å². The molecular formula is C13H6F3IN2. The van der Waals surface area contributed by atoms with Crippen LogP contribution in [0.4, 0.5) is 13.2 Å². The molecule has 0 saturated carbocycles. The van der Waals surface area contributed by atoms with E-state index in [1.165, 1.54) is 12.1 Å². The molecule has 0 aliphatic carbocycles. The van der Waals surface area contributed by atoms with Crippen LogP contribution in [0.3, 0.4) is 0 Å². The van der Waals surface area contributed by atoms with Crippen LogP contribution in [0.2, 0.25) is 0 Å². The SMILES string of the molecule is Fc1ccc(-c2nc3cc(F)c(F)cc3[nH]2)c(I)c1. The number of hydrogen-bond donors (Lipinski definition) is 1. The summed E-state index contributed by atoms with van der Waals surface area (Å²) in [4.78, 5) is 7.08. The number of imidazole rings is 1. The third-order valence-corrected chi connectivity index (χ3v) is 3.60. The lowest BCUT2D eigenvalue weighted by Gasteiger charge is -2.00. The molecule has 3 aromatic rings. The topological polar surface area (TPSA) is 28.7 Å². The first kappa shape index (κ1) is 12.5. The van der Waals surface area contributed by atoms with Gasteiger partial charge in [-0.25, -0.2) is 18.2 Å². The van der Waals surface area contributed by atoms with Crippen LogP contribution >= 0.6 is 22.6 Å². The predicted molar refractivity (Wildman–Crippen MR) is 74.1 cm³/mol. The Balaban J connectivity index is 2.20. The fraction of sp³-hybridized carbons (Fsp3) is 0. The van der Waals surface area contributed by atoms with E-state index in [9.17, 15) is 13.2 Å². The summed E-state index contributed by atoms with van der Waals surface area (Å²) in [5.74, 6) is -1.78. The van der Waals surface area contributed by atoms with Gasteiger partial charge in [0.05, 0.1) is 11.0 Å². The van der Waals surface area contributed by atoms with Crippen molar-refractivity contribution < 1.29 is 13.2 Å². The average molecular weight is 374 g/mol. The number of benzene rings is 2. The Kier molecular flexibility index (Phi) is 2.96. The minimum Gasteiger partial charge on any atom is -0.338 e. The van der Waals surface area contributed by atoms with Gasteiger partial charge in [-0.15, -0.1) is 0 Å². The van der Waals surface area contributed by atoms with Crippen molar-refractivity contribution in [1.82, 2.24) is 9.97 Å². The van der Waals surface area contributed by atoms with Crippen molar-refractivity contribution in [3.8, 4) is 11.4 Å². The zero-order valence-corrected chi connectivity index (χ0v) is 11.5. The van der Waals surface area contributed by atoms with Crippen molar-refractivity contribution in [2.24, 2.45) is 0 Å². The van der Waals surface area contributed by atoms with Crippen molar-refractivity contribution >= 4 is 33.6 Å². The largest absolute Gasteiger partial charge is 0.338 e. The molecule has 0 saturated heterocycles. The average Bonchev–Trinajstić information content (AvgIpc) is 2.72. The minimum absolute atomic E-state index is 0.328. The quantitative estimate of drug-likeness (QED) is 0.634. The maximum atomic E-state index is 13.1. The van der Waals surface area contributed by atoms with Crippen molar-refractivity contribution in [2.45, 2.75) is 0 Å². The molecule has 0 aliphatic rings. The third-order valence-electron chi connectivity index (χ3n) is 2.71. The van der Waals surface area contributed by atoms with Crippen LogP contribution in [0.1, 0.15) is 0 Å². The van der Waals surface area contributed by atoms with E-state index in [1.807, 2.05) is 22.6 Å². The Morgan fingerprint density at radius 1 is 1.00 bits per heavy atom. The number of fused-ring (bicyclic) bond motifs is 1. The fourth-order valence-electron chi connectivity index (χ4n) is 1.81. The van der Waals surface area contributed by atoms with Crippen molar-refractivity contribution in [2.75, 3.05) is 0 Å². The number of H-pyrrole nitrogens is 1. The summed E-state index contributed by atoms with van der Waals surface area (Å²) in [5, 5.41) is 0. The molecule has 2 nitrogen and oxygen atoms in total. The highest BCUT2D eigenvalue weighted by molar-refractivity contribution is 14.1. The fourth-order valence-corrected chi connectivity index (χ4v) is 2.55. The van der Waals surface area contributed by atoms with E-state index in [4.69, 9.17) is 0 Å². The highest BCUT2D eigenvalue weighted by Gasteiger charge is 2.12. The summed E-state index contributed by atoms with van der Waals surface area (Å²) in [6.45, 7) is 0. The molecule has 0 unspecified atom stereocenters. The minimum atomic E-state index is -0.945. The Morgan fingerprint density at radius 3 is 2.47 bits per heavy atom. The van der Waals surface area contributed by atoms with E-state index >= 15 is 0 Å². The highest BCUT2D eigenvalue weighted by atomic mass is 127. The Bertz CT molecular complexity index is 744. The number of hydrogen-bond acceptors (Lipinski definition) is 1. The second-order valence-corrected chi connectivity index (χ2v) is 5.16. The predicted octanol–water partition coefficient (Wildman–Crippen LogP) is 4.25. The van der Waals surface area contributed by atoms with Gasteiger partial charge in [0.2, 0.25) is 0 Å². The van der Waals surface area contributed by atoms with Gasteiger partial charge < -0.3 is 4.98 Å². The second-order valence-electron chi connectivity index (χ2n) is 3.99. The number of aromatic nitrogens is 2. The molecule has 6 heteroatoms. The zero-order valence-electron chi connectivity index (χ0n) is 9.35. The van der Waals surface area contributed by atoms with Gasteiger partial charge in [0.1, 0.15) is 11.6 Å². The molecule has 0 fully saturated rings. The molecule has 96 valence electrons. The number of halogens is 4. The van der Waals surface area contributed by atoms with Crippen molar-refractivity contribution in [1.29, 1.82) is 0 Å². The summed E-state index contributed by atoms with van der Waals surface area (Å²) < 4.78 is 39.9. The van der Waals surface area contributed by atoms with Gasteiger partial charge in [-0.2, -0.15) is 0 Å². The molecule has 0 atom stereocenters. The maximum Gasteiger partial charge on any atom is 0.161 e. The van der Waals surface area contributed by atoms with Gasteiger partial charge in [-0.05, 0) is 40.8 Å². The van der Waals surface area contributed by atoms with E-state index in [1.54, 1.807) is 6.07 Å². The van der Waals surface area contributed by atoms with E-state index in [0.29, 0.717) is 26.0 Å². The first-order valence-electron chi connectivity index (χ1n) is 5.35. The summed E-state index contributed by atoms with van der Waals surface area (Å²) in [6, 6.07) is 6.33. The summed E-state index contributed by atoms with van der Waals surface area (Å²) in [6.07, 6.45) is 0. The van der Waals surface area contributed by atoms with Crippen LogP contribution in [0.25, 0.3) is 22.4 Å². The van der Waals surface area contributed by atoms with E-state index in [2.05, 4.69) is 9.97 Å². The molecular weight excluding hydrogens is 368 g/mol. The van der Waals surface area contributed by atoms with E-state index < -0.39 is 11.6 Å². The van der Waals surface area contributed by atoms with Crippen LogP contribution < -0.4 is 0 Å². The van der Waals surface area contributed by atoms with Crippen molar-refractivity contribution in [3.63, 3.8) is 0 Å². The molecule has 0 aliphatic heterocycles. The van der Waals surface area contributed by atoms with Crippen LogP contribution in [0.15, 0.2) is 30.3 Å². The van der Waals surface area contributed by atoms with E-state index in [-0.39, 0.29) is 5.82 Å². The van der Waals surface area contributed by atoms with Crippen LogP contribution in [0, 0.1) is 21.0 Å². The molecule has 19 heavy (non-hydrogen) atoms. The summed E-state index contributed by atoms with van der Waals surface area (Å²) in [7, 11) is 0. The van der Waals surface area contributed by atoms with Crippen LogP contribution in [-0.2, 0) is 0 Å². The Hall–Kier alpha value is -1.57. The van der Waals surface area contributed by atoms with Gasteiger partial charge >= 0.3 is 0 Å². The molecule has 0 amide bonds. The molecule has 0 bridgehead atoms. The first-order chi connectivity index (χ1) is 9.04. The number of aromatic amines is 1. The monoisotopic (exact) mass is 374 g/mol. The van der Waals surface area contributed by atoms with Crippen LogP contribution in [-0.4, -0.2) is 9.97 Å². The standard InChI is InChI=1S/C13H6F3IN2/c14-6-1-2-7(10(17)3-6)13-18-11-4-8(15)9(16)5-12(11)19-13/h1-5H,(H,18,19). The molecule has 1 N–H and O–H groups in total. The van der Waals surface area contributed by atoms with Crippen molar-refractivity contribution in [3.05, 3.63) is 51.4 Å². The number of rotatable bonds is 1. The van der Waals surface area contributed by atoms with E-state index in [0.717, 1.165) is 12.1 Å².